The molecule has 7 nitrogen and oxygen atoms in total. The van der Waals surface area contributed by atoms with E-state index in [0.717, 1.165) is 36.8 Å². The summed E-state index contributed by atoms with van der Waals surface area (Å²) < 4.78 is 5.50. The molecule has 0 saturated heterocycles. The van der Waals surface area contributed by atoms with Crippen molar-refractivity contribution < 1.29 is 19.1 Å². The third-order valence-corrected chi connectivity index (χ3v) is 7.20. The minimum absolute atomic E-state index is 0.166. The van der Waals surface area contributed by atoms with E-state index in [1.807, 2.05) is 58.9 Å². The van der Waals surface area contributed by atoms with Gasteiger partial charge in [0.05, 0.1) is 0 Å². The number of hydrogen-bond donors (Lipinski definition) is 2. The van der Waals surface area contributed by atoms with Crippen LogP contribution in [0.4, 0.5) is 4.79 Å². The Kier molecular flexibility index (Phi) is 13.3. The van der Waals surface area contributed by atoms with Crippen LogP contribution >= 0.6 is 0 Å². The van der Waals surface area contributed by atoms with Crippen LogP contribution in [-0.4, -0.2) is 46.5 Å². The van der Waals surface area contributed by atoms with E-state index in [0.29, 0.717) is 19.4 Å². The van der Waals surface area contributed by atoms with E-state index in [-0.39, 0.29) is 17.7 Å². The van der Waals surface area contributed by atoms with Gasteiger partial charge in [-0.25, -0.2) is 4.79 Å². The van der Waals surface area contributed by atoms with Gasteiger partial charge in [-0.2, -0.15) is 0 Å². The summed E-state index contributed by atoms with van der Waals surface area (Å²) in [6, 6.07) is 6.24. The van der Waals surface area contributed by atoms with Gasteiger partial charge in [0, 0.05) is 12.1 Å². The summed E-state index contributed by atoms with van der Waals surface area (Å²) in [7, 11) is 0. The first-order valence-corrected chi connectivity index (χ1v) is 14.4. The number of hydrogen-bond acceptors (Lipinski definition) is 4. The van der Waals surface area contributed by atoms with Crippen LogP contribution in [0.3, 0.4) is 0 Å². The summed E-state index contributed by atoms with van der Waals surface area (Å²) in [6.07, 6.45) is 4.50. The molecule has 0 aromatic heterocycles. The molecule has 0 aliphatic carbocycles. The highest BCUT2D eigenvalue weighted by Crippen LogP contribution is 2.33. The van der Waals surface area contributed by atoms with Gasteiger partial charge in [0.1, 0.15) is 17.7 Å². The highest BCUT2D eigenvalue weighted by molar-refractivity contribution is 5.92. The highest BCUT2D eigenvalue weighted by Gasteiger charge is 2.44. The average molecular weight is 532 g/mol. The van der Waals surface area contributed by atoms with Gasteiger partial charge >= 0.3 is 6.09 Å². The molecule has 1 aromatic carbocycles. The summed E-state index contributed by atoms with van der Waals surface area (Å²) in [4.78, 5) is 42.8. The van der Waals surface area contributed by atoms with Gasteiger partial charge < -0.3 is 20.3 Å². The molecule has 0 spiro atoms. The zero-order chi connectivity index (χ0) is 29.1. The lowest BCUT2D eigenvalue weighted by atomic mass is 9.89. The minimum atomic E-state index is -0.842. The molecule has 0 aliphatic rings. The van der Waals surface area contributed by atoms with E-state index >= 15 is 0 Å². The third-order valence-electron chi connectivity index (χ3n) is 7.20. The number of benzene rings is 1. The third kappa shape index (κ3) is 9.95. The Bertz CT molecular complexity index is 889. The molecule has 3 unspecified atom stereocenters. The number of ether oxygens (including phenoxy) is 1. The Balaban J connectivity index is 3.60. The molecule has 3 atom stereocenters. The van der Waals surface area contributed by atoms with Crippen LogP contribution in [0.5, 0.6) is 0 Å². The Morgan fingerprint density at radius 3 is 2.03 bits per heavy atom. The number of amides is 3. The van der Waals surface area contributed by atoms with E-state index in [1.165, 1.54) is 0 Å². The maximum atomic E-state index is 14.4. The Morgan fingerprint density at radius 1 is 0.947 bits per heavy atom. The topological polar surface area (TPSA) is 87.7 Å². The lowest BCUT2D eigenvalue weighted by Gasteiger charge is -2.45. The summed E-state index contributed by atoms with van der Waals surface area (Å²) in [6.45, 7) is 20.0. The standard InChI is InChI=1S/C31H53N3O4/c1-11-15-16-21-32-27(35)26(24-19-17-23(13-3)18-20-24)34(31(9,10)14-4)28(36)25(22(5)12-2)33-29(37)38-30(6,7)8/h17-20,22,25-26H,11-16,21H2,1-10H3,(H,32,35)(H,33,37). The first-order chi connectivity index (χ1) is 17.7. The number of carbonyl (C=O) groups is 3. The molecule has 0 aliphatic heterocycles. The Labute approximate surface area is 231 Å². The molecular formula is C31H53N3O4. The Hall–Kier alpha value is -2.57. The number of nitrogens with one attached hydrogen (secondary N) is 2. The highest BCUT2D eigenvalue weighted by atomic mass is 16.6. The van der Waals surface area contributed by atoms with Crippen molar-refractivity contribution in [3.05, 3.63) is 35.4 Å². The maximum absolute atomic E-state index is 14.4. The summed E-state index contributed by atoms with van der Waals surface area (Å²) >= 11 is 0. The molecule has 2 N–H and O–H groups in total. The zero-order valence-electron chi connectivity index (χ0n) is 25.6. The first-order valence-electron chi connectivity index (χ1n) is 14.4. The Morgan fingerprint density at radius 2 is 1.55 bits per heavy atom. The van der Waals surface area contributed by atoms with Crippen molar-refractivity contribution in [1.82, 2.24) is 15.5 Å². The molecule has 1 aromatic rings. The molecule has 0 bridgehead atoms. The van der Waals surface area contributed by atoms with Gasteiger partial charge in [0.25, 0.3) is 0 Å². The van der Waals surface area contributed by atoms with E-state index in [4.69, 9.17) is 4.74 Å². The van der Waals surface area contributed by atoms with E-state index in [9.17, 15) is 14.4 Å². The minimum Gasteiger partial charge on any atom is -0.444 e. The molecule has 0 fully saturated rings. The van der Waals surface area contributed by atoms with Gasteiger partial charge in [0.15, 0.2) is 0 Å². The fraction of sp³-hybridized carbons (Fsp3) is 0.710. The zero-order valence-corrected chi connectivity index (χ0v) is 25.6. The number of aryl methyl sites for hydroxylation is 1. The molecule has 0 radical (unpaired) electrons. The molecule has 3 amide bonds. The van der Waals surface area contributed by atoms with E-state index in [1.54, 1.807) is 25.7 Å². The molecule has 38 heavy (non-hydrogen) atoms. The summed E-state index contributed by atoms with van der Waals surface area (Å²) in [5.41, 5.74) is 0.558. The molecule has 0 heterocycles. The normalized spacial score (nSPS) is 14.3. The number of alkyl carbamates (subject to hydrolysis) is 1. The first kappa shape index (κ1) is 33.5. The molecule has 216 valence electrons. The monoisotopic (exact) mass is 531 g/mol. The number of unbranched alkanes of at least 4 members (excludes halogenated alkanes) is 2. The SMILES string of the molecule is CCCCCNC(=O)C(c1ccc(CC)cc1)N(C(=O)C(NC(=O)OC(C)(C)C)C(C)CC)C(C)(C)CC. The van der Waals surface area contributed by atoms with Crippen LogP contribution < -0.4 is 10.6 Å². The van der Waals surface area contributed by atoms with Gasteiger partial charge in [-0.1, -0.05) is 78.1 Å². The summed E-state index contributed by atoms with van der Waals surface area (Å²) in [5, 5.41) is 5.93. The second kappa shape index (κ2) is 15.1. The van der Waals surface area contributed by atoms with Crippen molar-refractivity contribution in [3.63, 3.8) is 0 Å². The van der Waals surface area contributed by atoms with E-state index in [2.05, 4.69) is 24.5 Å². The van der Waals surface area contributed by atoms with Crippen molar-refractivity contribution >= 4 is 17.9 Å². The van der Waals surface area contributed by atoms with Crippen molar-refractivity contribution in [1.29, 1.82) is 0 Å². The van der Waals surface area contributed by atoms with Gasteiger partial charge in [-0.15, -0.1) is 0 Å². The van der Waals surface area contributed by atoms with Crippen molar-refractivity contribution in [2.75, 3.05) is 6.54 Å². The van der Waals surface area contributed by atoms with Crippen LogP contribution in [0, 0.1) is 5.92 Å². The van der Waals surface area contributed by atoms with Crippen LogP contribution in [-0.2, 0) is 20.7 Å². The quantitative estimate of drug-likeness (QED) is 0.266. The largest absolute Gasteiger partial charge is 0.444 e. The fourth-order valence-corrected chi connectivity index (χ4v) is 4.25. The molecule has 1 rings (SSSR count). The second-order valence-corrected chi connectivity index (χ2v) is 11.9. The smallest absolute Gasteiger partial charge is 0.408 e. The molecule has 0 saturated carbocycles. The molecular weight excluding hydrogens is 478 g/mol. The molecule has 7 heteroatoms. The summed E-state index contributed by atoms with van der Waals surface area (Å²) in [5.74, 6) is -0.661. The van der Waals surface area contributed by atoms with Crippen LogP contribution in [0.2, 0.25) is 0 Å². The van der Waals surface area contributed by atoms with E-state index < -0.39 is 29.3 Å². The lowest BCUT2D eigenvalue weighted by Crippen LogP contribution is -2.60. The fourth-order valence-electron chi connectivity index (χ4n) is 4.25. The van der Waals surface area contributed by atoms with Gasteiger partial charge in [-0.3, -0.25) is 9.59 Å². The van der Waals surface area contributed by atoms with Crippen LogP contribution in [0.25, 0.3) is 0 Å². The predicted molar refractivity (Wildman–Crippen MR) is 155 cm³/mol. The number of nitrogens with zero attached hydrogens (tertiary/aromatic N) is 1. The maximum Gasteiger partial charge on any atom is 0.408 e. The van der Waals surface area contributed by atoms with Gasteiger partial charge in [-0.05, 0) is 70.9 Å². The number of rotatable bonds is 14. The lowest BCUT2D eigenvalue weighted by molar-refractivity contribution is -0.150. The van der Waals surface area contributed by atoms with Crippen LogP contribution in [0.15, 0.2) is 24.3 Å². The van der Waals surface area contributed by atoms with Gasteiger partial charge in [0.2, 0.25) is 11.8 Å². The average Bonchev–Trinajstić information content (AvgIpc) is 2.86. The number of carbonyl (C=O) groups excluding carboxylic acids is 3. The van der Waals surface area contributed by atoms with Crippen LogP contribution in [0.1, 0.15) is 119 Å². The van der Waals surface area contributed by atoms with Crippen molar-refractivity contribution in [3.8, 4) is 0 Å². The van der Waals surface area contributed by atoms with Crippen molar-refractivity contribution in [2.24, 2.45) is 5.92 Å². The predicted octanol–water partition coefficient (Wildman–Crippen LogP) is 6.55. The second-order valence-electron chi connectivity index (χ2n) is 11.9. The van der Waals surface area contributed by atoms with Crippen molar-refractivity contribution in [2.45, 2.75) is 131 Å².